The summed E-state index contributed by atoms with van der Waals surface area (Å²) in [5.41, 5.74) is 7.40. The van der Waals surface area contributed by atoms with Gasteiger partial charge in [-0.05, 0) is 61.7 Å². The third-order valence-corrected chi connectivity index (χ3v) is 6.09. The molecule has 0 saturated heterocycles. The molecule has 5 rings (SSSR count). The molecule has 4 saturated carbocycles. The van der Waals surface area contributed by atoms with Gasteiger partial charge in [0.05, 0.1) is 6.04 Å². The Morgan fingerprint density at radius 1 is 1.00 bits per heavy atom. The predicted octanol–water partition coefficient (Wildman–Crippen LogP) is 3.41. The van der Waals surface area contributed by atoms with Gasteiger partial charge in [0.2, 0.25) is 0 Å². The van der Waals surface area contributed by atoms with Crippen LogP contribution < -0.4 is 5.73 Å². The Kier molecular flexibility index (Phi) is 2.78. The van der Waals surface area contributed by atoms with Gasteiger partial charge in [-0.2, -0.15) is 0 Å². The molecular formula is C18H23NO. The van der Waals surface area contributed by atoms with Gasteiger partial charge in [-0.25, -0.2) is 0 Å². The number of hydrogen-bond acceptors (Lipinski definition) is 2. The quantitative estimate of drug-likeness (QED) is 0.854. The van der Waals surface area contributed by atoms with Crippen LogP contribution in [0.2, 0.25) is 0 Å². The molecule has 0 radical (unpaired) electrons. The second-order valence-electron chi connectivity index (χ2n) is 7.49. The fraction of sp³-hybridized carbons (Fsp3) is 0.611. The first kappa shape index (κ1) is 12.6. The zero-order valence-electron chi connectivity index (χ0n) is 11.9. The van der Waals surface area contributed by atoms with Gasteiger partial charge in [0.25, 0.3) is 0 Å². The van der Waals surface area contributed by atoms with Gasteiger partial charge in [-0.15, -0.1) is 0 Å². The molecule has 4 bridgehead atoms. The molecule has 106 valence electrons. The summed E-state index contributed by atoms with van der Waals surface area (Å²) in [4.78, 5) is 12.7. The van der Waals surface area contributed by atoms with Crippen LogP contribution in [0.25, 0.3) is 0 Å². The molecule has 4 aliphatic carbocycles. The number of benzene rings is 1. The lowest BCUT2D eigenvalue weighted by molar-refractivity contribution is -0.0609. The highest BCUT2D eigenvalue weighted by Crippen LogP contribution is 2.61. The fourth-order valence-corrected chi connectivity index (χ4v) is 5.62. The molecule has 0 aliphatic heterocycles. The van der Waals surface area contributed by atoms with Crippen LogP contribution in [-0.4, -0.2) is 11.8 Å². The lowest BCUT2D eigenvalue weighted by atomic mass is 9.47. The van der Waals surface area contributed by atoms with E-state index in [-0.39, 0.29) is 17.2 Å². The van der Waals surface area contributed by atoms with Gasteiger partial charge in [0.15, 0.2) is 5.78 Å². The van der Waals surface area contributed by atoms with E-state index in [0.717, 1.165) is 23.3 Å². The Bertz CT molecular complexity index is 486. The van der Waals surface area contributed by atoms with Gasteiger partial charge in [0.1, 0.15) is 0 Å². The molecule has 0 amide bonds. The summed E-state index contributed by atoms with van der Waals surface area (Å²) in [5, 5.41) is 0. The summed E-state index contributed by atoms with van der Waals surface area (Å²) >= 11 is 0. The van der Waals surface area contributed by atoms with Crippen molar-refractivity contribution in [3.05, 3.63) is 35.9 Å². The Morgan fingerprint density at radius 2 is 1.50 bits per heavy atom. The predicted molar refractivity (Wildman–Crippen MR) is 79.4 cm³/mol. The van der Waals surface area contributed by atoms with Crippen molar-refractivity contribution in [3.8, 4) is 0 Å². The minimum absolute atomic E-state index is 0.113. The first-order chi connectivity index (χ1) is 9.66. The van der Waals surface area contributed by atoms with Crippen LogP contribution in [0.15, 0.2) is 30.3 Å². The number of carbonyl (C=O) groups excluding carboxylic acids is 1. The molecule has 1 atom stereocenters. The van der Waals surface area contributed by atoms with Gasteiger partial charge in [-0.1, -0.05) is 30.3 Å². The van der Waals surface area contributed by atoms with E-state index in [9.17, 15) is 4.79 Å². The van der Waals surface area contributed by atoms with E-state index in [0.29, 0.717) is 0 Å². The molecule has 0 heterocycles. The van der Waals surface area contributed by atoms with Crippen molar-refractivity contribution in [1.82, 2.24) is 0 Å². The highest BCUT2D eigenvalue weighted by atomic mass is 16.1. The number of ketones is 1. The molecule has 0 aromatic heterocycles. The van der Waals surface area contributed by atoms with Crippen molar-refractivity contribution >= 4 is 5.78 Å². The van der Waals surface area contributed by atoms with Crippen molar-refractivity contribution in [2.45, 2.75) is 44.6 Å². The topological polar surface area (TPSA) is 43.1 Å². The Balaban J connectivity index is 1.62. The molecule has 4 aliphatic rings. The zero-order chi connectivity index (χ0) is 13.7. The maximum atomic E-state index is 12.7. The highest BCUT2D eigenvalue weighted by molar-refractivity contribution is 6.00. The molecule has 2 N–H and O–H groups in total. The molecule has 20 heavy (non-hydrogen) atoms. The molecule has 1 unspecified atom stereocenters. The number of rotatable bonds is 3. The Hall–Kier alpha value is -1.15. The van der Waals surface area contributed by atoms with Crippen LogP contribution in [0.4, 0.5) is 0 Å². The van der Waals surface area contributed by atoms with Crippen LogP contribution in [-0.2, 0) is 0 Å². The van der Waals surface area contributed by atoms with E-state index >= 15 is 0 Å². The largest absolute Gasteiger partial charge is 0.321 e. The maximum Gasteiger partial charge on any atom is 0.180 e. The molecule has 2 nitrogen and oxygen atoms in total. The molecule has 1 aromatic rings. The lowest BCUT2D eigenvalue weighted by Crippen LogP contribution is -2.57. The van der Waals surface area contributed by atoms with Crippen LogP contribution in [0.1, 0.15) is 48.9 Å². The fourth-order valence-electron chi connectivity index (χ4n) is 5.62. The van der Waals surface area contributed by atoms with Gasteiger partial charge in [-0.3, -0.25) is 4.79 Å². The molecule has 1 aromatic carbocycles. The first-order valence-electron chi connectivity index (χ1n) is 8.01. The van der Waals surface area contributed by atoms with Crippen molar-refractivity contribution in [2.75, 3.05) is 0 Å². The van der Waals surface area contributed by atoms with Crippen molar-refractivity contribution < 1.29 is 4.79 Å². The smallest absolute Gasteiger partial charge is 0.180 e. The van der Waals surface area contributed by atoms with Crippen LogP contribution >= 0.6 is 0 Å². The second kappa shape index (κ2) is 4.42. The average molecular weight is 269 g/mol. The van der Waals surface area contributed by atoms with E-state index < -0.39 is 0 Å². The molecular weight excluding hydrogens is 246 g/mol. The van der Waals surface area contributed by atoms with E-state index in [1.54, 1.807) is 0 Å². The van der Waals surface area contributed by atoms with Gasteiger partial charge < -0.3 is 5.73 Å². The normalized spacial score (nSPS) is 39.8. The Morgan fingerprint density at radius 3 is 2.00 bits per heavy atom. The van der Waals surface area contributed by atoms with E-state index in [1.807, 2.05) is 30.3 Å². The summed E-state index contributed by atoms with van der Waals surface area (Å²) in [6.45, 7) is 0. The minimum atomic E-state index is -0.293. The van der Waals surface area contributed by atoms with Crippen LogP contribution in [0.5, 0.6) is 0 Å². The molecule has 0 spiro atoms. The first-order valence-corrected chi connectivity index (χ1v) is 8.01. The zero-order valence-corrected chi connectivity index (χ0v) is 11.9. The Labute approximate surface area is 120 Å². The van der Waals surface area contributed by atoms with Crippen molar-refractivity contribution in [1.29, 1.82) is 0 Å². The monoisotopic (exact) mass is 269 g/mol. The number of Topliss-reactive ketones (excluding diaryl/α,β-unsaturated/α-hetero) is 1. The summed E-state index contributed by atoms with van der Waals surface area (Å²) in [5.74, 6) is 2.69. The van der Waals surface area contributed by atoms with Gasteiger partial charge >= 0.3 is 0 Å². The maximum absolute atomic E-state index is 12.7. The van der Waals surface area contributed by atoms with Crippen molar-refractivity contribution in [2.24, 2.45) is 28.9 Å². The summed E-state index contributed by atoms with van der Waals surface area (Å²) in [7, 11) is 0. The summed E-state index contributed by atoms with van der Waals surface area (Å²) in [6, 6.07) is 9.33. The van der Waals surface area contributed by atoms with E-state index in [1.165, 1.54) is 38.5 Å². The summed E-state index contributed by atoms with van der Waals surface area (Å²) in [6.07, 6.45) is 7.76. The number of hydrogen-bond donors (Lipinski definition) is 1. The molecule has 4 fully saturated rings. The molecule has 2 heteroatoms. The lowest BCUT2D eigenvalue weighted by Gasteiger charge is -2.58. The summed E-state index contributed by atoms with van der Waals surface area (Å²) < 4.78 is 0. The number of nitrogens with two attached hydrogens (primary N) is 1. The van der Waals surface area contributed by atoms with E-state index in [2.05, 4.69) is 0 Å². The van der Waals surface area contributed by atoms with Crippen LogP contribution in [0.3, 0.4) is 0 Å². The SMILES string of the molecule is NC(C(=O)c1ccccc1)C12CC3CC(CC(C3)C1)C2. The highest BCUT2D eigenvalue weighted by Gasteiger charge is 2.54. The minimum Gasteiger partial charge on any atom is -0.321 e. The number of carbonyl (C=O) groups is 1. The van der Waals surface area contributed by atoms with Gasteiger partial charge in [0, 0.05) is 5.56 Å². The standard InChI is InChI=1S/C18H23NO/c19-17(16(20)15-4-2-1-3-5-15)18-9-12-6-13(10-18)8-14(7-12)11-18/h1-5,12-14,17H,6-11,19H2. The third kappa shape index (κ3) is 1.85. The van der Waals surface area contributed by atoms with Crippen molar-refractivity contribution in [3.63, 3.8) is 0 Å². The second-order valence-corrected chi connectivity index (χ2v) is 7.49. The third-order valence-electron chi connectivity index (χ3n) is 6.09. The van der Waals surface area contributed by atoms with E-state index in [4.69, 9.17) is 5.73 Å². The average Bonchev–Trinajstić information content (AvgIpc) is 2.45. The van der Waals surface area contributed by atoms with Crippen LogP contribution in [0, 0.1) is 23.2 Å².